The summed E-state index contributed by atoms with van der Waals surface area (Å²) >= 11 is 12.8. The predicted molar refractivity (Wildman–Crippen MR) is 128 cm³/mol. The highest BCUT2D eigenvalue weighted by Gasteiger charge is 2.35. The fraction of sp³-hybridized carbons (Fsp3) is 0.435. The summed E-state index contributed by atoms with van der Waals surface area (Å²) in [5, 5.41) is 8.79. The van der Waals surface area contributed by atoms with Gasteiger partial charge in [-0.1, -0.05) is 23.2 Å². The highest BCUT2D eigenvalue weighted by atomic mass is 35.5. The Hall–Kier alpha value is -2.55. The van der Waals surface area contributed by atoms with Gasteiger partial charge >= 0.3 is 0 Å². The van der Waals surface area contributed by atoms with Crippen LogP contribution in [0.4, 0.5) is 11.6 Å². The van der Waals surface area contributed by atoms with Crippen LogP contribution in [-0.4, -0.2) is 51.4 Å². The number of hydrogen-bond acceptors (Lipinski definition) is 7. The first-order valence-electron chi connectivity index (χ1n) is 11.0. The molecule has 1 aromatic carbocycles. The van der Waals surface area contributed by atoms with Crippen LogP contribution in [0, 0.1) is 12.8 Å². The first-order valence-corrected chi connectivity index (χ1v) is 11.8. The summed E-state index contributed by atoms with van der Waals surface area (Å²) in [6, 6.07) is 2.25. The van der Waals surface area contributed by atoms with Crippen LogP contribution in [0.15, 0.2) is 30.9 Å². The van der Waals surface area contributed by atoms with Crippen molar-refractivity contribution in [1.29, 1.82) is 0 Å². The number of nitrogens with one attached hydrogen (secondary N) is 1. The second kappa shape index (κ2) is 9.37. The van der Waals surface area contributed by atoms with Gasteiger partial charge in [-0.05, 0) is 50.4 Å². The first kappa shape index (κ1) is 22.3. The maximum absolute atomic E-state index is 6.42. The van der Waals surface area contributed by atoms with Crippen LogP contribution in [0.1, 0.15) is 30.0 Å². The Bertz CT molecular complexity index is 1130. The number of hydrogen-bond donors (Lipinski definition) is 1. The summed E-state index contributed by atoms with van der Waals surface area (Å²) in [4.78, 5) is 11.2. The summed E-state index contributed by atoms with van der Waals surface area (Å²) in [5.74, 6) is 2.26. The largest absolute Gasteiger partial charge is 0.495 e. The normalized spacial score (nSPS) is 21.8. The Balaban J connectivity index is 1.21. The molecule has 8 nitrogen and oxygen atoms in total. The summed E-state index contributed by atoms with van der Waals surface area (Å²) in [7, 11) is 1.57. The van der Waals surface area contributed by atoms with Gasteiger partial charge in [-0.2, -0.15) is 5.10 Å². The maximum atomic E-state index is 6.42. The van der Waals surface area contributed by atoms with Gasteiger partial charge in [0.1, 0.15) is 12.4 Å². The first-order chi connectivity index (χ1) is 16.0. The quantitative estimate of drug-likeness (QED) is 0.507. The molecule has 5 heterocycles. The second-order valence-electron chi connectivity index (χ2n) is 8.57. The van der Waals surface area contributed by atoms with Gasteiger partial charge < -0.3 is 19.7 Å². The van der Waals surface area contributed by atoms with Gasteiger partial charge in [0.15, 0.2) is 5.75 Å². The third-order valence-corrected chi connectivity index (χ3v) is 7.43. The maximum Gasteiger partial charge on any atom is 0.227 e. The van der Waals surface area contributed by atoms with Crippen LogP contribution >= 0.6 is 23.2 Å². The van der Waals surface area contributed by atoms with Crippen LogP contribution in [0.2, 0.25) is 10.0 Å². The standard InChI is InChI=1S/C23H26Cl2N6O2/c1-14-7-20(32-2)22(25)18(21(14)24)13-33-17-9-26-23(27-10-17)29-16-8-28-31(11-16)19-12-30-5-3-15(19)4-6-30/h7-11,15,19H,3-6,12-13H2,1-2H3,(H,26,27,29). The second-order valence-corrected chi connectivity index (χ2v) is 9.33. The average molecular weight is 489 g/mol. The molecule has 2 aromatic heterocycles. The Morgan fingerprint density at radius 1 is 1.12 bits per heavy atom. The van der Waals surface area contributed by atoms with E-state index in [2.05, 4.69) is 30.0 Å². The molecule has 3 saturated heterocycles. The summed E-state index contributed by atoms with van der Waals surface area (Å²) in [6.45, 7) is 5.58. The van der Waals surface area contributed by atoms with Crippen molar-refractivity contribution >= 4 is 34.8 Å². The zero-order chi connectivity index (χ0) is 22.9. The highest BCUT2D eigenvalue weighted by molar-refractivity contribution is 6.37. The van der Waals surface area contributed by atoms with Crippen molar-refractivity contribution in [1.82, 2.24) is 24.6 Å². The lowest BCUT2D eigenvalue weighted by atomic mass is 9.84. The number of anilines is 2. The molecule has 0 spiro atoms. The Labute approximate surface area is 202 Å². The van der Waals surface area contributed by atoms with Gasteiger partial charge in [-0.3, -0.25) is 4.68 Å². The van der Waals surface area contributed by atoms with Crippen LogP contribution < -0.4 is 14.8 Å². The molecule has 3 fully saturated rings. The van der Waals surface area contributed by atoms with Gasteiger partial charge in [-0.15, -0.1) is 0 Å². The Kier molecular flexibility index (Phi) is 6.32. The van der Waals surface area contributed by atoms with Crippen LogP contribution in [0.3, 0.4) is 0 Å². The minimum atomic E-state index is 0.179. The molecule has 3 aliphatic rings. The van der Waals surface area contributed by atoms with Crippen LogP contribution in [-0.2, 0) is 6.61 Å². The fourth-order valence-corrected chi connectivity index (χ4v) is 5.17. The van der Waals surface area contributed by atoms with E-state index in [0.717, 1.165) is 17.8 Å². The lowest BCUT2D eigenvalue weighted by molar-refractivity contribution is 0.0513. The number of rotatable bonds is 7. The highest BCUT2D eigenvalue weighted by Crippen LogP contribution is 2.37. The molecule has 33 heavy (non-hydrogen) atoms. The lowest BCUT2D eigenvalue weighted by Crippen LogP contribution is -2.48. The third kappa shape index (κ3) is 4.60. The number of aromatic nitrogens is 4. The van der Waals surface area contributed by atoms with E-state index >= 15 is 0 Å². The van der Waals surface area contributed by atoms with E-state index in [-0.39, 0.29) is 6.61 Å². The van der Waals surface area contributed by atoms with Crippen molar-refractivity contribution in [2.24, 2.45) is 5.92 Å². The third-order valence-electron chi connectivity index (χ3n) is 6.49. The van der Waals surface area contributed by atoms with Crippen LogP contribution in [0.5, 0.6) is 11.5 Å². The number of methoxy groups -OCH3 is 1. The van der Waals surface area contributed by atoms with Crippen molar-refractivity contribution < 1.29 is 9.47 Å². The fourth-order valence-electron chi connectivity index (χ4n) is 4.64. The molecule has 6 rings (SSSR count). The van der Waals surface area contributed by atoms with E-state index in [4.69, 9.17) is 32.7 Å². The number of halogens is 2. The molecule has 1 N–H and O–H groups in total. The number of aryl methyl sites for hydroxylation is 1. The monoisotopic (exact) mass is 488 g/mol. The van der Waals surface area contributed by atoms with Gasteiger partial charge in [0.2, 0.25) is 5.95 Å². The molecule has 1 unspecified atom stereocenters. The topological polar surface area (TPSA) is 77.3 Å². The lowest BCUT2D eigenvalue weighted by Gasteiger charge is -2.44. The molecule has 0 amide bonds. The van der Waals surface area contributed by atoms with E-state index in [1.807, 2.05) is 19.3 Å². The average Bonchev–Trinajstić information content (AvgIpc) is 3.31. The van der Waals surface area contributed by atoms with Crippen molar-refractivity contribution in [3.05, 3.63) is 52.0 Å². The van der Waals surface area contributed by atoms with E-state index in [1.54, 1.807) is 25.6 Å². The van der Waals surface area contributed by atoms with E-state index in [9.17, 15) is 0 Å². The minimum Gasteiger partial charge on any atom is -0.495 e. The van der Waals surface area contributed by atoms with E-state index in [1.165, 1.54) is 25.9 Å². The molecule has 0 saturated carbocycles. The molecule has 174 valence electrons. The molecule has 10 heteroatoms. The number of benzene rings is 1. The summed E-state index contributed by atoms with van der Waals surface area (Å²) < 4.78 is 13.2. The van der Waals surface area contributed by atoms with Crippen LogP contribution in [0.25, 0.3) is 0 Å². The van der Waals surface area contributed by atoms with Crippen molar-refractivity contribution in [2.45, 2.75) is 32.4 Å². The van der Waals surface area contributed by atoms with Crippen molar-refractivity contribution in [2.75, 3.05) is 32.1 Å². The van der Waals surface area contributed by atoms with Crippen molar-refractivity contribution in [3.63, 3.8) is 0 Å². The minimum absolute atomic E-state index is 0.179. The molecule has 1 atom stereocenters. The zero-order valence-corrected chi connectivity index (χ0v) is 20.1. The smallest absolute Gasteiger partial charge is 0.227 e. The Morgan fingerprint density at radius 3 is 2.55 bits per heavy atom. The summed E-state index contributed by atoms with van der Waals surface area (Å²) in [5.41, 5.74) is 2.40. The van der Waals surface area contributed by atoms with Crippen molar-refractivity contribution in [3.8, 4) is 11.5 Å². The molecule has 0 aliphatic carbocycles. The SMILES string of the molecule is COc1cc(C)c(Cl)c(COc2cnc(Nc3cnn(C4CN5CCC4CC5)c3)nc2)c1Cl. The number of fused-ring (bicyclic) bond motifs is 3. The zero-order valence-electron chi connectivity index (χ0n) is 18.6. The van der Waals surface area contributed by atoms with Gasteiger partial charge in [0, 0.05) is 18.3 Å². The number of piperidine rings is 3. The molecule has 3 aromatic rings. The van der Waals surface area contributed by atoms with Gasteiger partial charge in [0.25, 0.3) is 0 Å². The summed E-state index contributed by atoms with van der Waals surface area (Å²) in [6.07, 6.45) is 9.59. The molecule has 3 aliphatic heterocycles. The molecular formula is C23H26Cl2N6O2. The van der Waals surface area contributed by atoms with Gasteiger partial charge in [-0.25, -0.2) is 9.97 Å². The number of ether oxygens (including phenoxy) is 2. The molecule has 0 radical (unpaired) electrons. The number of nitrogens with zero attached hydrogens (tertiary/aromatic N) is 5. The molecular weight excluding hydrogens is 463 g/mol. The molecule has 2 bridgehead atoms. The predicted octanol–water partition coefficient (Wildman–Crippen LogP) is 4.89. The van der Waals surface area contributed by atoms with Gasteiger partial charge in [0.05, 0.1) is 47.5 Å². The Morgan fingerprint density at radius 2 is 1.88 bits per heavy atom. The van der Waals surface area contributed by atoms with E-state index in [0.29, 0.717) is 45.0 Å². The van der Waals surface area contributed by atoms with E-state index < -0.39 is 0 Å².